The van der Waals surface area contributed by atoms with Crippen molar-refractivity contribution in [3.8, 4) is 6.07 Å². The molecule has 0 radical (unpaired) electrons. The quantitative estimate of drug-likeness (QED) is 0.330. The van der Waals surface area contributed by atoms with Crippen molar-refractivity contribution in [1.82, 2.24) is 5.32 Å². The van der Waals surface area contributed by atoms with Crippen LogP contribution in [0.3, 0.4) is 0 Å². The topological polar surface area (TPSA) is 35.8 Å². The van der Waals surface area contributed by atoms with E-state index >= 15 is 0 Å². The summed E-state index contributed by atoms with van der Waals surface area (Å²) in [7, 11) is 0. The fourth-order valence-corrected chi connectivity index (χ4v) is 0.248. The molecule has 8 heavy (non-hydrogen) atoms. The second-order valence-corrected chi connectivity index (χ2v) is 1.16. The normalized spacial score (nSPS) is 8.38. The summed E-state index contributed by atoms with van der Waals surface area (Å²) >= 11 is 0. The van der Waals surface area contributed by atoms with Crippen molar-refractivity contribution in [2.45, 2.75) is 0 Å². The van der Waals surface area contributed by atoms with Gasteiger partial charge in [-0.3, -0.25) is 0 Å². The van der Waals surface area contributed by atoms with Crippen molar-refractivity contribution >= 4 is 0 Å². The first-order valence-electron chi connectivity index (χ1n) is 2.30. The molecule has 0 heterocycles. The molecule has 0 atom stereocenters. The number of hydrogen-bond acceptors (Lipinski definition) is 2. The molecule has 0 saturated heterocycles. The third kappa shape index (κ3) is 4.77. The summed E-state index contributed by atoms with van der Waals surface area (Å²) in [4.78, 5) is 0. The fraction of sp³-hybridized carbons (Fsp3) is 0.167. The molecule has 0 aromatic carbocycles. The zero-order valence-corrected chi connectivity index (χ0v) is 4.59. The Morgan fingerprint density at radius 2 is 2.50 bits per heavy atom. The largest absolute Gasteiger partial charge is 0.387 e. The standard InChI is InChI=1S/C6H8N2/c1-2-5-8-6-3-4-7/h2-3,6,8H,1,5H2/b6-3+. The van der Waals surface area contributed by atoms with Gasteiger partial charge >= 0.3 is 0 Å². The van der Waals surface area contributed by atoms with E-state index in [1.54, 1.807) is 12.3 Å². The van der Waals surface area contributed by atoms with Crippen molar-refractivity contribution in [1.29, 1.82) is 5.26 Å². The van der Waals surface area contributed by atoms with Crippen LogP contribution >= 0.6 is 0 Å². The first-order valence-corrected chi connectivity index (χ1v) is 2.30. The maximum Gasteiger partial charge on any atom is 0.0927 e. The van der Waals surface area contributed by atoms with Gasteiger partial charge in [0.1, 0.15) is 0 Å². The summed E-state index contributed by atoms with van der Waals surface area (Å²) in [6, 6.07) is 1.85. The number of hydrogen-bond donors (Lipinski definition) is 1. The predicted molar refractivity (Wildman–Crippen MR) is 33.0 cm³/mol. The highest BCUT2D eigenvalue weighted by molar-refractivity contribution is 5.00. The third-order valence-electron chi connectivity index (χ3n) is 0.538. The van der Waals surface area contributed by atoms with Crippen molar-refractivity contribution in [2.24, 2.45) is 0 Å². The van der Waals surface area contributed by atoms with Gasteiger partial charge in [0, 0.05) is 18.8 Å². The molecule has 0 rings (SSSR count). The third-order valence-corrected chi connectivity index (χ3v) is 0.538. The molecular weight excluding hydrogens is 100 g/mol. The number of nitrogens with one attached hydrogen (secondary N) is 1. The molecule has 2 heteroatoms. The molecule has 42 valence electrons. The molecule has 0 aromatic rings. The molecular formula is C6H8N2. The summed E-state index contributed by atoms with van der Waals surface area (Å²) in [6.45, 7) is 4.19. The van der Waals surface area contributed by atoms with Gasteiger partial charge in [-0.15, -0.1) is 6.58 Å². The highest BCUT2D eigenvalue weighted by Crippen LogP contribution is 1.62. The van der Waals surface area contributed by atoms with Gasteiger partial charge in [-0.25, -0.2) is 0 Å². The maximum absolute atomic E-state index is 7.96. The minimum absolute atomic E-state index is 0.707. The predicted octanol–water partition coefficient (Wildman–Crippen LogP) is 0.799. The average molecular weight is 108 g/mol. The Hall–Kier alpha value is -1.23. The van der Waals surface area contributed by atoms with Gasteiger partial charge in [-0.1, -0.05) is 6.08 Å². The summed E-state index contributed by atoms with van der Waals surface area (Å²) in [5.74, 6) is 0. The Labute approximate surface area is 49.1 Å². The van der Waals surface area contributed by atoms with E-state index in [1.165, 1.54) is 6.08 Å². The van der Waals surface area contributed by atoms with Crippen LogP contribution in [0.4, 0.5) is 0 Å². The lowest BCUT2D eigenvalue weighted by atomic mass is 10.6. The molecule has 0 spiro atoms. The number of allylic oxidation sites excluding steroid dienone is 1. The Kier molecular flexibility index (Phi) is 4.88. The molecule has 0 aliphatic carbocycles. The lowest BCUT2D eigenvalue weighted by Gasteiger charge is -1.86. The van der Waals surface area contributed by atoms with Crippen molar-refractivity contribution in [3.63, 3.8) is 0 Å². The van der Waals surface area contributed by atoms with E-state index in [4.69, 9.17) is 5.26 Å². The summed E-state index contributed by atoms with van der Waals surface area (Å²) in [6.07, 6.45) is 4.69. The van der Waals surface area contributed by atoms with Gasteiger partial charge in [-0.2, -0.15) is 5.26 Å². The van der Waals surface area contributed by atoms with Gasteiger partial charge in [0.05, 0.1) is 6.07 Å². The van der Waals surface area contributed by atoms with Gasteiger partial charge in [0.15, 0.2) is 0 Å². The van der Waals surface area contributed by atoms with Crippen molar-refractivity contribution in [3.05, 3.63) is 24.9 Å². The zero-order valence-electron chi connectivity index (χ0n) is 4.59. The van der Waals surface area contributed by atoms with Crippen LogP contribution in [0, 0.1) is 11.3 Å². The highest BCUT2D eigenvalue weighted by Gasteiger charge is 1.65. The number of nitrogens with zero attached hydrogens (tertiary/aromatic N) is 1. The van der Waals surface area contributed by atoms with E-state index in [2.05, 4.69) is 11.9 Å². The number of nitriles is 1. The molecule has 0 aromatic heterocycles. The molecule has 0 saturated carbocycles. The van der Waals surface area contributed by atoms with E-state index in [-0.39, 0.29) is 0 Å². The molecule has 0 unspecified atom stereocenters. The smallest absolute Gasteiger partial charge is 0.0927 e. The maximum atomic E-state index is 7.96. The van der Waals surface area contributed by atoms with E-state index in [1.807, 2.05) is 6.07 Å². The van der Waals surface area contributed by atoms with Gasteiger partial charge in [0.25, 0.3) is 0 Å². The monoisotopic (exact) mass is 108 g/mol. The summed E-state index contributed by atoms with van der Waals surface area (Å²) < 4.78 is 0. The van der Waals surface area contributed by atoms with Crippen LogP contribution in [0.2, 0.25) is 0 Å². The molecule has 0 aliphatic rings. The van der Waals surface area contributed by atoms with E-state index in [9.17, 15) is 0 Å². The van der Waals surface area contributed by atoms with Crippen LogP contribution in [-0.2, 0) is 0 Å². The Bertz CT molecular complexity index is 119. The lowest BCUT2D eigenvalue weighted by Crippen LogP contribution is -2.02. The minimum Gasteiger partial charge on any atom is -0.387 e. The molecule has 2 nitrogen and oxygen atoms in total. The molecule has 0 aliphatic heterocycles. The van der Waals surface area contributed by atoms with Gasteiger partial charge in [0.2, 0.25) is 0 Å². The second kappa shape index (κ2) is 5.77. The van der Waals surface area contributed by atoms with Crippen molar-refractivity contribution in [2.75, 3.05) is 6.54 Å². The summed E-state index contributed by atoms with van der Waals surface area (Å²) in [5, 5.41) is 10.8. The van der Waals surface area contributed by atoms with Crippen LogP contribution in [0.5, 0.6) is 0 Å². The lowest BCUT2D eigenvalue weighted by molar-refractivity contribution is 0.988. The van der Waals surface area contributed by atoms with Crippen LogP contribution in [0.15, 0.2) is 24.9 Å². The first-order chi connectivity index (χ1) is 3.91. The zero-order chi connectivity index (χ0) is 6.24. The Balaban J connectivity index is 3.06. The van der Waals surface area contributed by atoms with Gasteiger partial charge in [-0.05, 0) is 0 Å². The van der Waals surface area contributed by atoms with Crippen LogP contribution in [-0.4, -0.2) is 6.54 Å². The fourth-order valence-electron chi connectivity index (χ4n) is 0.248. The SMILES string of the molecule is C=CCN/C=C/C#N. The Morgan fingerprint density at radius 1 is 1.75 bits per heavy atom. The van der Waals surface area contributed by atoms with Crippen LogP contribution < -0.4 is 5.32 Å². The highest BCUT2D eigenvalue weighted by atomic mass is 14.8. The molecule has 0 fully saturated rings. The van der Waals surface area contributed by atoms with E-state index in [0.29, 0.717) is 6.54 Å². The first kappa shape index (κ1) is 6.77. The van der Waals surface area contributed by atoms with E-state index in [0.717, 1.165) is 0 Å². The average Bonchev–Trinajstić information content (AvgIpc) is 1.81. The van der Waals surface area contributed by atoms with Gasteiger partial charge < -0.3 is 5.32 Å². The molecule has 0 bridgehead atoms. The van der Waals surface area contributed by atoms with E-state index < -0.39 is 0 Å². The van der Waals surface area contributed by atoms with Crippen LogP contribution in [0.25, 0.3) is 0 Å². The van der Waals surface area contributed by atoms with Crippen molar-refractivity contribution < 1.29 is 0 Å². The minimum atomic E-state index is 0.707. The molecule has 0 amide bonds. The Morgan fingerprint density at radius 3 is 3.00 bits per heavy atom. The molecule has 1 N–H and O–H groups in total. The number of rotatable bonds is 3. The summed E-state index contributed by atoms with van der Waals surface area (Å²) in [5.41, 5.74) is 0. The second-order valence-electron chi connectivity index (χ2n) is 1.16. The van der Waals surface area contributed by atoms with Crippen LogP contribution in [0.1, 0.15) is 0 Å².